The minimum atomic E-state index is -0.268. The predicted molar refractivity (Wildman–Crippen MR) is 95.7 cm³/mol. The molecule has 1 heterocycles. The molecule has 0 saturated heterocycles. The normalized spacial score (nSPS) is 10.5. The van der Waals surface area contributed by atoms with Gasteiger partial charge in [0.05, 0.1) is 11.9 Å². The van der Waals surface area contributed by atoms with E-state index in [0.717, 1.165) is 15.7 Å². The minimum absolute atomic E-state index is 0.268. The molecule has 0 bridgehead atoms. The highest BCUT2D eigenvalue weighted by Crippen LogP contribution is 2.26. The topological polar surface area (TPSA) is 62.7 Å². The SMILES string of the molecule is Cc1ccc(Nc2cnnc(NCc3ccccc3F)n2)c(Br)c1. The van der Waals surface area contributed by atoms with Gasteiger partial charge < -0.3 is 10.6 Å². The summed E-state index contributed by atoms with van der Waals surface area (Å²) in [5, 5.41) is 14.0. The van der Waals surface area contributed by atoms with Crippen molar-refractivity contribution in [2.24, 2.45) is 0 Å². The third kappa shape index (κ3) is 4.05. The average molecular weight is 388 g/mol. The van der Waals surface area contributed by atoms with Crippen LogP contribution in [0.1, 0.15) is 11.1 Å². The number of rotatable bonds is 5. The molecule has 0 saturated carbocycles. The van der Waals surface area contributed by atoms with Crippen LogP contribution in [0.3, 0.4) is 0 Å². The molecule has 3 rings (SSSR count). The molecule has 24 heavy (non-hydrogen) atoms. The average Bonchev–Trinajstić information content (AvgIpc) is 2.57. The molecule has 0 radical (unpaired) electrons. The van der Waals surface area contributed by atoms with Crippen molar-refractivity contribution in [2.75, 3.05) is 10.6 Å². The summed E-state index contributed by atoms with van der Waals surface area (Å²) in [5.74, 6) is 0.605. The van der Waals surface area contributed by atoms with Gasteiger partial charge in [-0.15, -0.1) is 5.10 Å². The lowest BCUT2D eigenvalue weighted by atomic mass is 10.2. The lowest BCUT2D eigenvalue weighted by Crippen LogP contribution is -2.07. The highest BCUT2D eigenvalue weighted by atomic mass is 79.9. The lowest BCUT2D eigenvalue weighted by molar-refractivity contribution is 0.612. The van der Waals surface area contributed by atoms with Crippen molar-refractivity contribution < 1.29 is 4.39 Å². The van der Waals surface area contributed by atoms with Gasteiger partial charge in [0, 0.05) is 16.6 Å². The third-order valence-electron chi connectivity index (χ3n) is 3.34. The van der Waals surface area contributed by atoms with Crippen LogP contribution in [0.5, 0.6) is 0 Å². The molecule has 0 spiro atoms. The predicted octanol–water partition coefficient (Wildman–Crippen LogP) is 4.44. The van der Waals surface area contributed by atoms with Crippen molar-refractivity contribution in [1.82, 2.24) is 15.2 Å². The first-order valence-electron chi connectivity index (χ1n) is 7.32. The number of nitrogens with one attached hydrogen (secondary N) is 2. The second-order valence-electron chi connectivity index (χ2n) is 5.22. The maximum Gasteiger partial charge on any atom is 0.244 e. The molecule has 5 nitrogen and oxygen atoms in total. The van der Waals surface area contributed by atoms with Gasteiger partial charge in [-0.05, 0) is 46.6 Å². The molecule has 2 aromatic carbocycles. The first kappa shape index (κ1) is 16.3. The molecule has 0 unspecified atom stereocenters. The van der Waals surface area contributed by atoms with E-state index in [1.165, 1.54) is 12.3 Å². The van der Waals surface area contributed by atoms with Crippen LogP contribution < -0.4 is 10.6 Å². The van der Waals surface area contributed by atoms with E-state index in [0.29, 0.717) is 17.3 Å². The summed E-state index contributed by atoms with van der Waals surface area (Å²) in [4.78, 5) is 4.34. The maximum absolute atomic E-state index is 13.6. The van der Waals surface area contributed by atoms with E-state index in [4.69, 9.17) is 0 Å². The molecule has 0 fully saturated rings. The Balaban J connectivity index is 1.71. The Morgan fingerprint density at radius 1 is 1.17 bits per heavy atom. The van der Waals surface area contributed by atoms with Gasteiger partial charge in [-0.3, -0.25) is 0 Å². The Kier molecular flexibility index (Phi) is 5.00. The molecule has 2 N–H and O–H groups in total. The van der Waals surface area contributed by atoms with E-state index < -0.39 is 0 Å². The number of halogens is 2. The fraction of sp³-hybridized carbons (Fsp3) is 0.118. The largest absolute Gasteiger partial charge is 0.349 e. The molecule has 3 aromatic rings. The molecule has 0 aliphatic rings. The highest BCUT2D eigenvalue weighted by molar-refractivity contribution is 9.10. The Morgan fingerprint density at radius 3 is 2.79 bits per heavy atom. The highest BCUT2D eigenvalue weighted by Gasteiger charge is 2.05. The van der Waals surface area contributed by atoms with Crippen molar-refractivity contribution in [3.8, 4) is 0 Å². The minimum Gasteiger partial charge on any atom is -0.349 e. The number of hydrogen-bond acceptors (Lipinski definition) is 5. The molecule has 7 heteroatoms. The Bertz CT molecular complexity index is 856. The molecule has 1 aromatic heterocycles. The zero-order valence-corrected chi connectivity index (χ0v) is 14.5. The quantitative estimate of drug-likeness (QED) is 0.677. The monoisotopic (exact) mass is 387 g/mol. The lowest BCUT2D eigenvalue weighted by Gasteiger charge is -2.10. The summed E-state index contributed by atoms with van der Waals surface area (Å²) < 4.78 is 14.6. The summed E-state index contributed by atoms with van der Waals surface area (Å²) >= 11 is 3.51. The van der Waals surface area contributed by atoms with Crippen molar-refractivity contribution in [1.29, 1.82) is 0 Å². The van der Waals surface area contributed by atoms with Gasteiger partial charge in [-0.25, -0.2) is 4.39 Å². The Hall–Kier alpha value is -2.54. The van der Waals surface area contributed by atoms with Gasteiger partial charge in [0.15, 0.2) is 5.82 Å². The fourth-order valence-corrected chi connectivity index (χ4v) is 2.71. The van der Waals surface area contributed by atoms with E-state index in [1.807, 2.05) is 25.1 Å². The maximum atomic E-state index is 13.6. The third-order valence-corrected chi connectivity index (χ3v) is 4.00. The van der Waals surface area contributed by atoms with Crippen LogP contribution in [0, 0.1) is 12.7 Å². The molecular weight excluding hydrogens is 373 g/mol. The number of anilines is 3. The van der Waals surface area contributed by atoms with Crippen LogP contribution in [0.15, 0.2) is 53.1 Å². The standard InChI is InChI=1S/C17H15BrFN5/c1-11-6-7-15(13(18)8-11)22-16-10-21-24-17(23-16)20-9-12-4-2-3-5-14(12)19/h2-8,10H,9H2,1H3,(H2,20,22,23,24). The Labute approximate surface area is 147 Å². The smallest absolute Gasteiger partial charge is 0.244 e. The van der Waals surface area contributed by atoms with Crippen LogP contribution in [0.25, 0.3) is 0 Å². The first-order valence-corrected chi connectivity index (χ1v) is 8.11. The van der Waals surface area contributed by atoms with E-state index >= 15 is 0 Å². The molecule has 0 aliphatic heterocycles. The number of benzene rings is 2. The fourth-order valence-electron chi connectivity index (χ4n) is 2.11. The summed E-state index contributed by atoms with van der Waals surface area (Å²) in [6, 6.07) is 12.5. The Morgan fingerprint density at radius 2 is 2.00 bits per heavy atom. The second kappa shape index (κ2) is 7.35. The summed E-state index contributed by atoms with van der Waals surface area (Å²) in [6.45, 7) is 2.30. The van der Waals surface area contributed by atoms with Crippen LogP contribution >= 0.6 is 15.9 Å². The van der Waals surface area contributed by atoms with E-state index in [-0.39, 0.29) is 12.4 Å². The number of nitrogens with zero attached hydrogens (tertiary/aromatic N) is 3. The van der Waals surface area contributed by atoms with Crippen LogP contribution in [0.4, 0.5) is 21.8 Å². The summed E-state index contributed by atoms with van der Waals surface area (Å²) in [6.07, 6.45) is 1.53. The van der Waals surface area contributed by atoms with Crippen LogP contribution in [0.2, 0.25) is 0 Å². The molecule has 0 aliphatic carbocycles. The number of hydrogen-bond donors (Lipinski definition) is 2. The van der Waals surface area contributed by atoms with Crippen molar-refractivity contribution in [3.05, 3.63) is 70.1 Å². The molecule has 0 atom stereocenters. The van der Waals surface area contributed by atoms with Gasteiger partial charge in [0.25, 0.3) is 0 Å². The van der Waals surface area contributed by atoms with Crippen molar-refractivity contribution >= 4 is 33.4 Å². The summed E-state index contributed by atoms with van der Waals surface area (Å²) in [5.41, 5.74) is 2.57. The van der Waals surface area contributed by atoms with E-state index in [2.05, 4.69) is 41.7 Å². The van der Waals surface area contributed by atoms with Crippen LogP contribution in [-0.4, -0.2) is 15.2 Å². The number of aryl methyl sites for hydroxylation is 1. The van der Waals surface area contributed by atoms with E-state index in [1.54, 1.807) is 18.2 Å². The molecule has 122 valence electrons. The van der Waals surface area contributed by atoms with Gasteiger partial charge >= 0.3 is 0 Å². The van der Waals surface area contributed by atoms with Crippen LogP contribution in [-0.2, 0) is 6.54 Å². The van der Waals surface area contributed by atoms with Crippen molar-refractivity contribution in [2.45, 2.75) is 13.5 Å². The number of aromatic nitrogens is 3. The van der Waals surface area contributed by atoms with E-state index in [9.17, 15) is 4.39 Å². The van der Waals surface area contributed by atoms with Gasteiger partial charge in [-0.1, -0.05) is 24.3 Å². The van der Waals surface area contributed by atoms with Gasteiger partial charge in [0.2, 0.25) is 5.95 Å². The summed E-state index contributed by atoms with van der Waals surface area (Å²) in [7, 11) is 0. The zero-order chi connectivity index (χ0) is 16.9. The zero-order valence-electron chi connectivity index (χ0n) is 12.9. The molecular formula is C17H15BrFN5. The second-order valence-corrected chi connectivity index (χ2v) is 6.07. The van der Waals surface area contributed by atoms with Crippen molar-refractivity contribution in [3.63, 3.8) is 0 Å². The molecule has 0 amide bonds. The van der Waals surface area contributed by atoms with Gasteiger partial charge in [-0.2, -0.15) is 10.1 Å². The first-order chi connectivity index (χ1) is 11.6. The van der Waals surface area contributed by atoms with Gasteiger partial charge in [0.1, 0.15) is 5.82 Å².